The molecule has 136 valence electrons. The molecule has 3 aromatic rings. The summed E-state index contributed by atoms with van der Waals surface area (Å²) in [6.07, 6.45) is 5.13. The molecule has 1 N–H and O–H groups in total. The first-order chi connectivity index (χ1) is 13.2. The maximum atomic E-state index is 12.4. The van der Waals surface area contributed by atoms with Crippen molar-refractivity contribution >= 4 is 17.5 Å². The fourth-order valence-corrected chi connectivity index (χ4v) is 3.17. The Balaban J connectivity index is 1.37. The SMILES string of the molecule is O=C(NCc1cnn(-c2ccccc2)c1)c1ccc(N2CCCC2=O)cc1. The molecule has 0 radical (unpaired) electrons. The maximum Gasteiger partial charge on any atom is 0.251 e. The molecule has 2 aromatic carbocycles. The zero-order valence-electron chi connectivity index (χ0n) is 14.8. The molecule has 1 aromatic heterocycles. The highest BCUT2D eigenvalue weighted by Gasteiger charge is 2.21. The molecule has 6 heteroatoms. The number of para-hydroxylation sites is 1. The summed E-state index contributed by atoms with van der Waals surface area (Å²) in [7, 11) is 0. The Bertz CT molecular complexity index is 948. The normalized spacial score (nSPS) is 13.8. The van der Waals surface area contributed by atoms with Gasteiger partial charge < -0.3 is 10.2 Å². The summed E-state index contributed by atoms with van der Waals surface area (Å²) in [5, 5.41) is 7.23. The van der Waals surface area contributed by atoms with E-state index in [2.05, 4.69) is 10.4 Å². The van der Waals surface area contributed by atoms with E-state index in [0.29, 0.717) is 18.5 Å². The lowest BCUT2D eigenvalue weighted by Crippen LogP contribution is -2.24. The number of benzene rings is 2. The summed E-state index contributed by atoms with van der Waals surface area (Å²) < 4.78 is 1.78. The van der Waals surface area contributed by atoms with E-state index in [9.17, 15) is 9.59 Å². The fourth-order valence-electron chi connectivity index (χ4n) is 3.17. The van der Waals surface area contributed by atoms with Crippen molar-refractivity contribution in [2.75, 3.05) is 11.4 Å². The van der Waals surface area contributed by atoms with Crippen molar-refractivity contribution in [1.29, 1.82) is 0 Å². The van der Waals surface area contributed by atoms with E-state index < -0.39 is 0 Å². The molecule has 0 saturated carbocycles. The molecule has 1 aliphatic heterocycles. The van der Waals surface area contributed by atoms with Crippen LogP contribution in [0.2, 0.25) is 0 Å². The molecule has 1 aliphatic rings. The number of hydrogen-bond acceptors (Lipinski definition) is 3. The second-order valence-electron chi connectivity index (χ2n) is 6.51. The number of carbonyl (C=O) groups excluding carboxylic acids is 2. The minimum absolute atomic E-state index is 0.141. The first-order valence-electron chi connectivity index (χ1n) is 8.98. The number of nitrogens with zero attached hydrogens (tertiary/aromatic N) is 3. The van der Waals surface area contributed by atoms with Crippen LogP contribution in [0.1, 0.15) is 28.8 Å². The lowest BCUT2D eigenvalue weighted by atomic mass is 10.2. The van der Waals surface area contributed by atoms with Crippen LogP contribution in [-0.2, 0) is 11.3 Å². The molecule has 1 fully saturated rings. The summed E-state index contributed by atoms with van der Waals surface area (Å²) in [5.74, 6) is -0.00982. The standard InChI is InChI=1S/C21H20N4O2/c26-20-7-4-12-24(20)18-10-8-17(9-11-18)21(27)22-13-16-14-23-25(15-16)19-5-2-1-3-6-19/h1-3,5-6,8-11,14-15H,4,7,12-13H2,(H,22,27). The summed E-state index contributed by atoms with van der Waals surface area (Å²) in [5.41, 5.74) is 3.31. The molecular weight excluding hydrogens is 340 g/mol. The van der Waals surface area contributed by atoms with Gasteiger partial charge in [0.25, 0.3) is 5.91 Å². The van der Waals surface area contributed by atoms with Crippen molar-refractivity contribution in [2.24, 2.45) is 0 Å². The highest BCUT2D eigenvalue weighted by Crippen LogP contribution is 2.21. The molecule has 27 heavy (non-hydrogen) atoms. The van der Waals surface area contributed by atoms with Crippen LogP contribution in [0, 0.1) is 0 Å². The lowest BCUT2D eigenvalue weighted by Gasteiger charge is -2.15. The molecule has 0 atom stereocenters. The van der Waals surface area contributed by atoms with Crippen molar-refractivity contribution in [3.63, 3.8) is 0 Å². The van der Waals surface area contributed by atoms with Crippen molar-refractivity contribution in [1.82, 2.24) is 15.1 Å². The predicted molar refractivity (Wildman–Crippen MR) is 103 cm³/mol. The van der Waals surface area contributed by atoms with Gasteiger partial charge in [-0.05, 0) is 42.8 Å². The number of rotatable bonds is 5. The van der Waals surface area contributed by atoms with Crippen LogP contribution in [0.15, 0.2) is 67.0 Å². The Morgan fingerprint density at radius 2 is 1.81 bits per heavy atom. The third-order valence-corrected chi connectivity index (χ3v) is 4.62. The van der Waals surface area contributed by atoms with E-state index in [1.54, 1.807) is 27.9 Å². The molecular formula is C21H20N4O2. The van der Waals surface area contributed by atoms with E-state index in [4.69, 9.17) is 0 Å². The van der Waals surface area contributed by atoms with Gasteiger partial charge in [-0.2, -0.15) is 5.10 Å². The van der Waals surface area contributed by atoms with Crippen LogP contribution in [-0.4, -0.2) is 28.1 Å². The maximum absolute atomic E-state index is 12.4. The van der Waals surface area contributed by atoms with E-state index >= 15 is 0 Å². The van der Waals surface area contributed by atoms with Gasteiger partial charge in [-0.25, -0.2) is 4.68 Å². The third-order valence-electron chi connectivity index (χ3n) is 4.62. The van der Waals surface area contributed by atoms with Crippen molar-refractivity contribution in [3.05, 3.63) is 78.1 Å². The van der Waals surface area contributed by atoms with Gasteiger partial charge >= 0.3 is 0 Å². The largest absolute Gasteiger partial charge is 0.348 e. The minimum atomic E-state index is -0.151. The number of nitrogens with one attached hydrogen (secondary N) is 1. The van der Waals surface area contributed by atoms with E-state index in [1.807, 2.05) is 48.7 Å². The van der Waals surface area contributed by atoms with Crippen LogP contribution < -0.4 is 10.2 Å². The summed E-state index contributed by atoms with van der Waals surface area (Å²) in [6.45, 7) is 1.15. The monoisotopic (exact) mass is 360 g/mol. The van der Waals surface area contributed by atoms with Crippen molar-refractivity contribution in [3.8, 4) is 5.69 Å². The van der Waals surface area contributed by atoms with Crippen LogP contribution in [0.5, 0.6) is 0 Å². The molecule has 2 heterocycles. The Labute approximate surface area is 157 Å². The van der Waals surface area contributed by atoms with Gasteiger partial charge in [-0.3, -0.25) is 9.59 Å². The fraction of sp³-hybridized carbons (Fsp3) is 0.190. The second kappa shape index (κ2) is 7.45. The van der Waals surface area contributed by atoms with Gasteiger partial charge in [-0.15, -0.1) is 0 Å². The van der Waals surface area contributed by atoms with Crippen molar-refractivity contribution < 1.29 is 9.59 Å². The number of hydrogen-bond donors (Lipinski definition) is 1. The highest BCUT2D eigenvalue weighted by molar-refractivity contribution is 5.97. The topological polar surface area (TPSA) is 67.2 Å². The van der Waals surface area contributed by atoms with Crippen LogP contribution in [0.4, 0.5) is 5.69 Å². The molecule has 0 aliphatic carbocycles. The van der Waals surface area contributed by atoms with Crippen LogP contribution in [0.25, 0.3) is 5.69 Å². The quantitative estimate of drug-likeness (QED) is 0.761. The van der Waals surface area contributed by atoms with Gasteiger partial charge in [0.1, 0.15) is 0 Å². The average molecular weight is 360 g/mol. The highest BCUT2D eigenvalue weighted by atomic mass is 16.2. The zero-order valence-corrected chi connectivity index (χ0v) is 14.8. The number of aromatic nitrogens is 2. The van der Waals surface area contributed by atoms with Crippen molar-refractivity contribution in [2.45, 2.75) is 19.4 Å². The Hall–Kier alpha value is -3.41. The minimum Gasteiger partial charge on any atom is -0.348 e. The average Bonchev–Trinajstić information content (AvgIpc) is 3.36. The summed E-state index contributed by atoms with van der Waals surface area (Å²) in [6, 6.07) is 17.0. The third kappa shape index (κ3) is 3.74. The first kappa shape index (κ1) is 17.0. The molecule has 1 saturated heterocycles. The van der Waals surface area contributed by atoms with Gasteiger partial charge in [0.15, 0.2) is 0 Å². The number of anilines is 1. The molecule has 2 amide bonds. The van der Waals surface area contributed by atoms with Gasteiger partial charge in [0.2, 0.25) is 5.91 Å². The number of carbonyl (C=O) groups is 2. The summed E-state index contributed by atoms with van der Waals surface area (Å²) in [4.78, 5) is 25.9. The van der Waals surface area contributed by atoms with Gasteiger partial charge in [-0.1, -0.05) is 18.2 Å². The molecule has 6 nitrogen and oxygen atoms in total. The molecule has 0 bridgehead atoms. The summed E-state index contributed by atoms with van der Waals surface area (Å²) >= 11 is 0. The Morgan fingerprint density at radius 3 is 2.52 bits per heavy atom. The Kier molecular flexibility index (Phi) is 4.70. The molecule has 4 rings (SSSR count). The second-order valence-corrected chi connectivity index (χ2v) is 6.51. The van der Waals surface area contributed by atoms with E-state index in [0.717, 1.165) is 29.9 Å². The van der Waals surface area contributed by atoms with Crippen LogP contribution in [0.3, 0.4) is 0 Å². The molecule has 0 spiro atoms. The van der Waals surface area contributed by atoms with Gasteiger partial charge in [0.05, 0.1) is 11.9 Å². The lowest BCUT2D eigenvalue weighted by molar-refractivity contribution is -0.117. The zero-order chi connectivity index (χ0) is 18.6. The van der Waals surface area contributed by atoms with Gasteiger partial charge in [0, 0.05) is 42.5 Å². The predicted octanol–water partition coefficient (Wildman–Crippen LogP) is 2.93. The Morgan fingerprint density at radius 1 is 1.04 bits per heavy atom. The van der Waals surface area contributed by atoms with E-state index in [1.165, 1.54) is 0 Å². The van der Waals surface area contributed by atoms with E-state index in [-0.39, 0.29) is 11.8 Å². The number of amides is 2. The van der Waals surface area contributed by atoms with Crippen LogP contribution >= 0.6 is 0 Å². The first-order valence-corrected chi connectivity index (χ1v) is 8.98. The molecule has 0 unspecified atom stereocenters. The smallest absolute Gasteiger partial charge is 0.251 e.